The van der Waals surface area contributed by atoms with E-state index in [-0.39, 0.29) is 16.2 Å². The Balaban J connectivity index is 1.81. The van der Waals surface area contributed by atoms with Gasteiger partial charge in [0.15, 0.2) is 0 Å². The van der Waals surface area contributed by atoms with Crippen LogP contribution in [0.1, 0.15) is 28.5 Å². The zero-order valence-electron chi connectivity index (χ0n) is 11.0. The lowest BCUT2D eigenvalue weighted by Crippen LogP contribution is -2.19. The van der Waals surface area contributed by atoms with Crippen molar-refractivity contribution in [2.75, 3.05) is 0 Å². The fraction of sp³-hybridized carbons (Fsp3) is 0.294. The number of hydrogen-bond acceptors (Lipinski definition) is 0. The first-order valence-corrected chi connectivity index (χ1v) is 7.62. The zero-order valence-corrected chi connectivity index (χ0v) is 12.5. The summed E-state index contributed by atoms with van der Waals surface area (Å²) in [4.78, 5) is 0. The van der Waals surface area contributed by atoms with Crippen molar-refractivity contribution in [1.29, 1.82) is 0 Å². The summed E-state index contributed by atoms with van der Waals surface area (Å²) in [7, 11) is 0. The van der Waals surface area contributed by atoms with Crippen molar-refractivity contribution in [3.05, 3.63) is 70.0 Å². The number of rotatable bonds is 2. The first-order valence-electron chi connectivity index (χ1n) is 6.81. The Kier molecular flexibility index (Phi) is 4.00. The zero-order chi connectivity index (χ0) is 14.1. The van der Waals surface area contributed by atoms with E-state index in [1.54, 1.807) is 12.1 Å². The van der Waals surface area contributed by atoms with Gasteiger partial charge in [0.2, 0.25) is 0 Å². The van der Waals surface area contributed by atoms with Crippen LogP contribution in [0.3, 0.4) is 0 Å². The SMILES string of the molecule is Fc1ccc(CC2CCc3ccccc3C2Cl)cc1Cl. The molecule has 2 atom stereocenters. The van der Waals surface area contributed by atoms with Crippen molar-refractivity contribution < 1.29 is 4.39 Å². The largest absolute Gasteiger partial charge is 0.205 e. The van der Waals surface area contributed by atoms with Gasteiger partial charge in [-0.05, 0) is 54.0 Å². The van der Waals surface area contributed by atoms with Crippen LogP contribution in [-0.2, 0) is 12.8 Å². The second-order valence-electron chi connectivity index (χ2n) is 5.35. The standard InChI is InChI=1S/C17H15Cl2F/c18-15-10-11(5-8-16(15)20)9-13-7-6-12-3-1-2-4-14(12)17(13)19/h1-5,8,10,13,17H,6-7,9H2. The monoisotopic (exact) mass is 308 g/mol. The molecule has 0 saturated carbocycles. The molecule has 3 rings (SSSR count). The minimum Gasteiger partial charge on any atom is -0.205 e. The normalized spacial score (nSPS) is 21.6. The van der Waals surface area contributed by atoms with Gasteiger partial charge in [0.05, 0.1) is 10.4 Å². The van der Waals surface area contributed by atoms with Crippen LogP contribution in [0, 0.1) is 11.7 Å². The maximum absolute atomic E-state index is 13.2. The minimum absolute atomic E-state index is 0.0174. The minimum atomic E-state index is -0.369. The molecule has 0 N–H and O–H groups in total. The molecular weight excluding hydrogens is 294 g/mol. The van der Waals surface area contributed by atoms with E-state index in [9.17, 15) is 4.39 Å². The van der Waals surface area contributed by atoms with Crippen molar-refractivity contribution in [3.63, 3.8) is 0 Å². The number of aryl methyl sites for hydroxylation is 1. The van der Waals surface area contributed by atoms with Crippen molar-refractivity contribution in [2.24, 2.45) is 5.92 Å². The second-order valence-corrected chi connectivity index (χ2v) is 6.23. The van der Waals surface area contributed by atoms with Crippen molar-refractivity contribution in [2.45, 2.75) is 24.6 Å². The van der Waals surface area contributed by atoms with Gasteiger partial charge in [-0.15, -0.1) is 11.6 Å². The maximum atomic E-state index is 13.2. The summed E-state index contributed by atoms with van der Waals surface area (Å²) in [6, 6.07) is 13.3. The Hall–Kier alpha value is -1.05. The van der Waals surface area contributed by atoms with E-state index in [2.05, 4.69) is 18.2 Å². The van der Waals surface area contributed by atoms with Gasteiger partial charge >= 0.3 is 0 Å². The molecule has 0 radical (unpaired) electrons. The van der Waals surface area contributed by atoms with Crippen LogP contribution in [0.25, 0.3) is 0 Å². The van der Waals surface area contributed by atoms with Crippen LogP contribution < -0.4 is 0 Å². The van der Waals surface area contributed by atoms with Gasteiger partial charge in [-0.3, -0.25) is 0 Å². The maximum Gasteiger partial charge on any atom is 0.141 e. The molecule has 2 unspecified atom stereocenters. The Morgan fingerprint density at radius 1 is 1.15 bits per heavy atom. The van der Waals surface area contributed by atoms with E-state index in [1.165, 1.54) is 17.2 Å². The average Bonchev–Trinajstić information content (AvgIpc) is 2.46. The van der Waals surface area contributed by atoms with Crippen LogP contribution in [-0.4, -0.2) is 0 Å². The third-order valence-corrected chi connectivity index (χ3v) is 4.91. The molecule has 2 aromatic rings. The van der Waals surface area contributed by atoms with Gasteiger partial charge < -0.3 is 0 Å². The molecule has 0 spiro atoms. The second kappa shape index (κ2) is 5.75. The number of halogens is 3. The van der Waals surface area contributed by atoms with Gasteiger partial charge in [-0.25, -0.2) is 4.39 Å². The van der Waals surface area contributed by atoms with Crippen LogP contribution in [0.4, 0.5) is 4.39 Å². The molecule has 0 fully saturated rings. The fourth-order valence-corrected chi connectivity index (χ4v) is 3.58. The van der Waals surface area contributed by atoms with E-state index in [1.807, 2.05) is 6.07 Å². The summed E-state index contributed by atoms with van der Waals surface area (Å²) in [5.41, 5.74) is 3.63. The highest BCUT2D eigenvalue weighted by Gasteiger charge is 2.27. The molecule has 20 heavy (non-hydrogen) atoms. The lowest BCUT2D eigenvalue weighted by atomic mass is 9.80. The Bertz CT molecular complexity index is 624. The summed E-state index contributed by atoms with van der Waals surface area (Å²) in [6.45, 7) is 0. The van der Waals surface area contributed by atoms with Crippen LogP contribution in [0.2, 0.25) is 5.02 Å². The molecule has 0 aliphatic heterocycles. The number of fused-ring (bicyclic) bond motifs is 1. The number of hydrogen-bond donors (Lipinski definition) is 0. The lowest BCUT2D eigenvalue weighted by molar-refractivity contribution is 0.442. The molecule has 0 heterocycles. The van der Waals surface area contributed by atoms with E-state index in [0.29, 0.717) is 5.92 Å². The summed E-state index contributed by atoms with van der Waals surface area (Å²) >= 11 is 12.5. The van der Waals surface area contributed by atoms with Gasteiger partial charge in [-0.2, -0.15) is 0 Å². The molecule has 0 nitrogen and oxygen atoms in total. The smallest absolute Gasteiger partial charge is 0.141 e. The highest BCUT2D eigenvalue weighted by atomic mass is 35.5. The van der Waals surface area contributed by atoms with E-state index < -0.39 is 0 Å². The van der Waals surface area contributed by atoms with Gasteiger partial charge in [-0.1, -0.05) is 41.9 Å². The summed E-state index contributed by atoms with van der Waals surface area (Å²) in [5, 5.41) is 0.202. The predicted molar refractivity (Wildman–Crippen MR) is 82.0 cm³/mol. The summed E-state index contributed by atoms with van der Waals surface area (Å²) in [5.74, 6) is -0.0000699. The van der Waals surface area contributed by atoms with Crippen LogP contribution >= 0.6 is 23.2 Å². The molecule has 0 saturated heterocycles. The third-order valence-electron chi connectivity index (χ3n) is 4.03. The Morgan fingerprint density at radius 3 is 2.75 bits per heavy atom. The van der Waals surface area contributed by atoms with E-state index in [4.69, 9.17) is 23.2 Å². The average molecular weight is 309 g/mol. The predicted octanol–water partition coefficient (Wildman–Crippen LogP) is 5.56. The fourth-order valence-electron chi connectivity index (χ4n) is 2.95. The van der Waals surface area contributed by atoms with Gasteiger partial charge in [0.25, 0.3) is 0 Å². The van der Waals surface area contributed by atoms with Crippen LogP contribution in [0.5, 0.6) is 0 Å². The third kappa shape index (κ3) is 2.70. The quantitative estimate of drug-likeness (QED) is 0.637. The molecule has 1 aliphatic carbocycles. The van der Waals surface area contributed by atoms with Gasteiger partial charge in [0.1, 0.15) is 5.82 Å². The molecule has 0 bridgehead atoms. The number of benzene rings is 2. The Morgan fingerprint density at radius 2 is 1.95 bits per heavy atom. The first kappa shape index (κ1) is 13.9. The van der Waals surface area contributed by atoms with Crippen molar-refractivity contribution in [1.82, 2.24) is 0 Å². The molecule has 2 aromatic carbocycles. The molecule has 1 aliphatic rings. The molecular formula is C17H15Cl2F. The highest BCUT2D eigenvalue weighted by molar-refractivity contribution is 6.30. The van der Waals surface area contributed by atoms with E-state index >= 15 is 0 Å². The molecule has 3 heteroatoms. The molecule has 0 amide bonds. The van der Waals surface area contributed by atoms with Crippen molar-refractivity contribution >= 4 is 23.2 Å². The van der Waals surface area contributed by atoms with Crippen LogP contribution in [0.15, 0.2) is 42.5 Å². The topological polar surface area (TPSA) is 0 Å². The molecule has 0 aromatic heterocycles. The van der Waals surface area contributed by atoms with Gasteiger partial charge in [0, 0.05) is 0 Å². The molecule has 104 valence electrons. The Labute approximate surface area is 128 Å². The summed E-state index contributed by atoms with van der Waals surface area (Å²) < 4.78 is 13.2. The first-order chi connectivity index (χ1) is 9.65. The van der Waals surface area contributed by atoms with Crippen molar-refractivity contribution in [3.8, 4) is 0 Å². The van der Waals surface area contributed by atoms with E-state index in [0.717, 1.165) is 24.8 Å². The summed E-state index contributed by atoms with van der Waals surface area (Å²) in [6.07, 6.45) is 2.95. The highest BCUT2D eigenvalue weighted by Crippen LogP contribution is 2.40. The number of alkyl halides is 1. The lowest BCUT2D eigenvalue weighted by Gasteiger charge is -2.29.